The van der Waals surface area contributed by atoms with Crippen LogP contribution in [0, 0.1) is 13.8 Å². The highest BCUT2D eigenvalue weighted by Gasteiger charge is 2.41. The molecule has 0 aliphatic carbocycles. The molecule has 1 amide bonds. The number of likely N-dealkylation sites (N-methyl/N-ethyl adjacent to an activating group) is 1. The predicted molar refractivity (Wildman–Crippen MR) is 83.6 cm³/mol. The highest BCUT2D eigenvalue weighted by atomic mass is 16.5. The van der Waals surface area contributed by atoms with Crippen LogP contribution in [0.3, 0.4) is 0 Å². The third kappa shape index (κ3) is 2.65. The molecule has 1 aromatic rings. The predicted octanol–water partition coefficient (Wildman–Crippen LogP) is 1.08. The average Bonchev–Trinajstić information content (AvgIpc) is 2.89. The zero-order chi connectivity index (χ0) is 15.9. The van der Waals surface area contributed by atoms with E-state index in [0.29, 0.717) is 12.5 Å². The first-order valence-electron chi connectivity index (χ1n) is 8.08. The zero-order valence-electron chi connectivity index (χ0n) is 13.9. The minimum Gasteiger partial charge on any atom is -0.380 e. The van der Waals surface area contributed by atoms with Gasteiger partial charge in [-0.2, -0.15) is 5.10 Å². The fraction of sp³-hybridized carbons (Fsp3) is 0.750. The molecule has 0 spiro atoms. The van der Waals surface area contributed by atoms with E-state index in [-0.39, 0.29) is 18.0 Å². The number of likely N-dealkylation sites (tertiary alicyclic amines) is 1. The van der Waals surface area contributed by atoms with E-state index in [1.165, 1.54) is 5.56 Å². The van der Waals surface area contributed by atoms with Crippen LogP contribution in [0.1, 0.15) is 42.3 Å². The van der Waals surface area contributed by atoms with Crippen LogP contribution in [0.15, 0.2) is 0 Å². The smallest absolute Gasteiger partial charge is 0.224 e. The first kappa shape index (κ1) is 15.5. The molecular formula is C16H26N4O2. The van der Waals surface area contributed by atoms with Crippen molar-refractivity contribution in [1.82, 2.24) is 20.0 Å². The summed E-state index contributed by atoms with van der Waals surface area (Å²) in [7, 11) is 3.86. The number of nitrogens with one attached hydrogen (secondary N) is 1. The van der Waals surface area contributed by atoms with Gasteiger partial charge in [0.15, 0.2) is 0 Å². The monoisotopic (exact) mass is 306 g/mol. The van der Waals surface area contributed by atoms with Crippen LogP contribution in [0.5, 0.6) is 0 Å². The molecule has 2 aliphatic heterocycles. The standard InChI is InChI=1S/C16H26N4O2/c1-10-15(11(2)20(4)18-10)16-13(8-14(21)19(16)3)17-12-6-5-7-22-9-12/h12-13,16-17H,5-9H2,1-4H3/t12?,13-,16-/m1/s1. The third-order valence-electron chi connectivity index (χ3n) is 5.06. The molecule has 1 unspecified atom stereocenters. The Morgan fingerprint density at radius 2 is 2.09 bits per heavy atom. The number of rotatable bonds is 3. The van der Waals surface area contributed by atoms with Gasteiger partial charge in [0, 0.05) is 50.5 Å². The van der Waals surface area contributed by atoms with Gasteiger partial charge in [0.1, 0.15) is 0 Å². The molecule has 2 fully saturated rings. The lowest BCUT2D eigenvalue weighted by molar-refractivity contribution is -0.127. The fourth-order valence-electron chi connectivity index (χ4n) is 3.81. The van der Waals surface area contributed by atoms with E-state index in [1.54, 1.807) is 0 Å². The van der Waals surface area contributed by atoms with Crippen molar-refractivity contribution in [3.8, 4) is 0 Å². The number of amides is 1. The summed E-state index contributed by atoms with van der Waals surface area (Å²) in [5, 5.41) is 8.19. The summed E-state index contributed by atoms with van der Waals surface area (Å²) in [6.07, 6.45) is 2.75. The molecule has 6 nitrogen and oxygen atoms in total. The molecule has 22 heavy (non-hydrogen) atoms. The molecule has 1 aromatic heterocycles. The molecule has 0 saturated carbocycles. The maximum absolute atomic E-state index is 12.3. The summed E-state index contributed by atoms with van der Waals surface area (Å²) in [6.45, 7) is 5.70. The van der Waals surface area contributed by atoms with Gasteiger partial charge in [-0.25, -0.2) is 0 Å². The van der Waals surface area contributed by atoms with Crippen molar-refractivity contribution >= 4 is 5.91 Å². The van der Waals surface area contributed by atoms with E-state index in [1.807, 2.05) is 30.6 Å². The van der Waals surface area contributed by atoms with Crippen LogP contribution in [0.2, 0.25) is 0 Å². The van der Waals surface area contributed by atoms with Crippen LogP contribution in [-0.4, -0.2) is 52.9 Å². The van der Waals surface area contributed by atoms with E-state index in [4.69, 9.17) is 4.74 Å². The average molecular weight is 306 g/mol. The SMILES string of the molecule is Cc1nn(C)c(C)c1[C@H]1[C@H](NC2CCCOC2)CC(=O)N1C. The Morgan fingerprint density at radius 1 is 1.32 bits per heavy atom. The molecule has 0 bridgehead atoms. The van der Waals surface area contributed by atoms with Gasteiger partial charge in [-0.3, -0.25) is 9.48 Å². The summed E-state index contributed by atoms with van der Waals surface area (Å²) < 4.78 is 7.47. The largest absolute Gasteiger partial charge is 0.380 e. The maximum atomic E-state index is 12.3. The molecule has 3 atom stereocenters. The Morgan fingerprint density at radius 3 is 2.68 bits per heavy atom. The molecule has 0 radical (unpaired) electrons. The molecular weight excluding hydrogens is 280 g/mol. The lowest BCUT2D eigenvalue weighted by atomic mass is 9.97. The summed E-state index contributed by atoms with van der Waals surface area (Å²) in [6, 6.07) is 0.534. The van der Waals surface area contributed by atoms with Crippen LogP contribution in [0.25, 0.3) is 0 Å². The Bertz CT molecular complexity index is 563. The van der Waals surface area contributed by atoms with Crippen molar-refractivity contribution in [2.24, 2.45) is 7.05 Å². The third-order valence-corrected chi connectivity index (χ3v) is 5.06. The van der Waals surface area contributed by atoms with E-state index in [0.717, 1.165) is 37.4 Å². The molecule has 122 valence electrons. The Labute approximate surface area is 131 Å². The highest BCUT2D eigenvalue weighted by Crippen LogP contribution is 2.35. The minimum atomic E-state index is 0.0585. The van der Waals surface area contributed by atoms with Gasteiger partial charge < -0.3 is 15.0 Å². The number of hydrogen-bond acceptors (Lipinski definition) is 4. The van der Waals surface area contributed by atoms with Gasteiger partial charge in [-0.05, 0) is 26.7 Å². The fourth-order valence-corrected chi connectivity index (χ4v) is 3.81. The molecule has 2 aliphatic rings. The number of aryl methyl sites for hydroxylation is 2. The van der Waals surface area contributed by atoms with Crippen LogP contribution in [-0.2, 0) is 16.6 Å². The minimum absolute atomic E-state index is 0.0585. The van der Waals surface area contributed by atoms with Crippen molar-refractivity contribution in [1.29, 1.82) is 0 Å². The van der Waals surface area contributed by atoms with Crippen LogP contribution >= 0.6 is 0 Å². The molecule has 2 saturated heterocycles. The Hall–Kier alpha value is -1.40. The van der Waals surface area contributed by atoms with E-state index < -0.39 is 0 Å². The lowest BCUT2D eigenvalue weighted by Crippen LogP contribution is -2.45. The second kappa shape index (κ2) is 6.01. The summed E-state index contributed by atoms with van der Waals surface area (Å²) in [5.74, 6) is 0.196. The Balaban J connectivity index is 1.86. The molecule has 6 heteroatoms. The summed E-state index contributed by atoms with van der Waals surface area (Å²) in [5.41, 5.74) is 3.33. The highest BCUT2D eigenvalue weighted by molar-refractivity contribution is 5.80. The molecule has 0 aromatic carbocycles. The van der Waals surface area contributed by atoms with Gasteiger partial charge in [-0.15, -0.1) is 0 Å². The number of ether oxygens (including phenoxy) is 1. The lowest BCUT2D eigenvalue weighted by Gasteiger charge is -2.31. The summed E-state index contributed by atoms with van der Waals surface area (Å²) >= 11 is 0. The zero-order valence-corrected chi connectivity index (χ0v) is 13.9. The van der Waals surface area contributed by atoms with Crippen molar-refractivity contribution in [3.63, 3.8) is 0 Å². The molecule has 3 heterocycles. The van der Waals surface area contributed by atoms with Crippen LogP contribution < -0.4 is 5.32 Å². The van der Waals surface area contributed by atoms with Gasteiger partial charge >= 0.3 is 0 Å². The normalized spacial score (nSPS) is 29.4. The number of nitrogens with zero attached hydrogens (tertiary/aromatic N) is 3. The van der Waals surface area contributed by atoms with Gasteiger partial charge in [-0.1, -0.05) is 0 Å². The van der Waals surface area contributed by atoms with E-state index in [2.05, 4.69) is 17.3 Å². The van der Waals surface area contributed by atoms with Gasteiger partial charge in [0.05, 0.1) is 18.3 Å². The first-order chi connectivity index (χ1) is 10.5. The van der Waals surface area contributed by atoms with E-state index in [9.17, 15) is 4.79 Å². The number of hydrogen-bond donors (Lipinski definition) is 1. The topological polar surface area (TPSA) is 59.4 Å². The first-order valence-corrected chi connectivity index (χ1v) is 8.08. The van der Waals surface area contributed by atoms with Crippen molar-refractivity contribution in [2.45, 2.75) is 51.2 Å². The Kier molecular flexibility index (Phi) is 4.23. The van der Waals surface area contributed by atoms with Crippen molar-refractivity contribution in [2.75, 3.05) is 20.3 Å². The van der Waals surface area contributed by atoms with Gasteiger partial charge in [0.25, 0.3) is 0 Å². The summed E-state index contributed by atoms with van der Waals surface area (Å²) in [4.78, 5) is 14.1. The number of aromatic nitrogens is 2. The number of carbonyl (C=O) groups excluding carboxylic acids is 1. The van der Waals surface area contributed by atoms with Crippen LogP contribution in [0.4, 0.5) is 0 Å². The van der Waals surface area contributed by atoms with Crippen molar-refractivity contribution < 1.29 is 9.53 Å². The second-order valence-corrected chi connectivity index (χ2v) is 6.55. The second-order valence-electron chi connectivity index (χ2n) is 6.55. The maximum Gasteiger partial charge on any atom is 0.224 e. The quantitative estimate of drug-likeness (QED) is 0.908. The van der Waals surface area contributed by atoms with E-state index >= 15 is 0 Å². The van der Waals surface area contributed by atoms with Gasteiger partial charge in [0.2, 0.25) is 5.91 Å². The molecule has 3 rings (SSSR count). The number of carbonyl (C=O) groups is 1. The van der Waals surface area contributed by atoms with Crippen molar-refractivity contribution in [3.05, 3.63) is 17.0 Å². The molecule has 1 N–H and O–H groups in total.